The topological polar surface area (TPSA) is 95.6 Å². The van der Waals surface area contributed by atoms with Gasteiger partial charge in [-0.3, -0.25) is 9.79 Å². The van der Waals surface area contributed by atoms with Crippen LogP contribution < -0.4 is 21.3 Å². The third kappa shape index (κ3) is 6.22. The minimum absolute atomic E-state index is 0. The zero-order valence-electron chi connectivity index (χ0n) is 16.7. The standard InChI is InChI=1S/C20H32N6O.HI/c1-22-20(25-17-7-3-2-4-8-17)24-14-16-6-5-11-23-19(16)26-12-9-15(10-13-26)18(21)27;/h5-6,11,15,17H,2-4,7-10,12-14H2,1H3,(H2,21,27)(H2,22,24,25);1H. The molecule has 1 aromatic rings. The Hall–Kier alpha value is -1.58. The van der Waals surface area contributed by atoms with E-state index in [0.29, 0.717) is 12.6 Å². The summed E-state index contributed by atoms with van der Waals surface area (Å²) in [5.41, 5.74) is 6.59. The number of anilines is 1. The summed E-state index contributed by atoms with van der Waals surface area (Å²) in [5.74, 6) is 1.64. The quantitative estimate of drug-likeness (QED) is 0.328. The van der Waals surface area contributed by atoms with Crippen LogP contribution in [0.5, 0.6) is 0 Å². The maximum Gasteiger partial charge on any atom is 0.220 e. The van der Waals surface area contributed by atoms with Crippen LogP contribution in [0.3, 0.4) is 0 Å². The largest absolute Gasteiger partial charge is 0.369 e. The van der Waals surface area contributed by atoms with Crippen molar-refractivity contribution in [3.8, 4) is 0 Å². The molecule has 28 heavy (non-hydrogen) atoms. The SMILES string of the molecule is CN=C(NCc1cccnc1N1CCC(C(N)=O)CC1)NC1CCCCC1.I. The molecule has 2 fully saturated rings. The molecule has 0 bridgehead atoms. The minimum atomic E-state index is -0.185. The molecule has 0 aromatic carbocycles. The first-order valence-electron chi connectivity index (χ1n) is 10.1. The summed E-state index contributed by atoms with van der Waals surface area (Å²) in [4.78, 5) is 22.6. The zero-order valence-corrected chi connectivity index (χ0v) is 19.0. The van der Waals surface area contributed by atoms with Crippen molar-refractivity contribution in [1.29, 1.82) is 0 Å². The van der Waals surface area contributed by atoms with Gasteiger partial charge in [0.15, 0.2) is 5.96 Å². The second-order valence-corrected chi connectivity index (χ2v) is 7.55. The predicted octanol–water partition coefficient (Wildman–Crippen LogP) is 2.40. The molecule has 1 aliphatic carbocycles. The van der Waals surface area contributed by atoms with Crippen LogP contribution in [0.25, 0.3) is 0 Å². The van der Waals surface area contributed by atoms with Crippen molar-refractivity contribution in [2.24, 2.45) is 16.6 Å². The van der Waals surface area contributed by atoms with Gasteiger partial charge in [0.2, 0.25) is 5.91 Å². The molecule has 0 radical (unpaired) electrons. The van der Waals surface area contributed by atoms with Crippen molar-refractivity contribution in [3.05, 3.63) is 23.9 Å². The Labute approximate surface area is 185 Å². The third-order valence-corrected chi connectivity index (χ3v) is 5.68. The molecule has 1 amide bonds. The highest BCUT2D eigenvalue weighted by atomic mass is 127. The van der Waals surface area contributed by atoms with Crippen molar-refractivity contribution in [1.82, 2.24) is 15.6 Å². The predicted molar refractivity (Wildman–Crippen MR) is 124 cm³/mol. The Morgan fingerprint density at radius 2 is 1.96 bits per heavy atom. The van der Waals surface area contributed by atoms with Crippen LogP contribution in [0.2, 0.25) is 0 Å². The number of hydrogen-bond donors (Lipinski definition) is 3. The van der Waals surface area contributed by atoms with E-state index in [-0.39, 0.29) is 35.8 Å². The van der Waals surface area contributed by atoms with Crippen molar-refractivity contribution < 1.29 is 4.79 Å². The number of piperidine rings is 1. The number of rotatable bonds is 5. The number of nitrogens with one attached hydrogen (secondary N) is 2. The molecule has 0 atom stereocenters. The molecule has 8 heteroatoms. The summed E-state index contributed by atoms with van der Waals surface area (Å²) in [6.07, 6.45) is 9.78. The Kier molecular flexibility index (Phi) is 9.27. The van der Waals surface area contributed by atoms with Crippen LogP contribution in [-0.2, 0) is 11.3 Å². The van der Waals surface area contributed by atoms with Crippen molar-refractivity contribution in [2.45, 2.75) is 57.5 Å². The highest BCUT2D eigenvalue weighted by Crippen LogP contribution is 2.24. The molecular formula is C20H33IN6O. The number of amides is 1. The molecule has 1 saturated carbocycles. The van der Waals surface area contributed by atoms with Crippen LogP contribution in [0, 0.1) is 5.92 Å². The van der Waals surface area contributed by atoms with Gasteiger partial charge in [0, 0.05) is 50.4 Å². The molecule has 1 saturated heterocycles. The van der Waals surface area contributed by atoms with E-state index in [4.69, 9.17) is 5.73 Å². The number of hydrogen-bond acceptors (Lipinski definition) is 4. The van der Waals surface area contributed by atoms with Crippen molar-refractivity contribution in [2.75, 3.05) is 25.0 Å². The molecular weight excluding hydrogens is 467 g/mol. The lowest BCUT2D eigenvalue weighted by Gasteiger charge is -2.32. The normalized spacial score (nSPS) is 19.0. The maximum absolute atomic E-state index is 11.4. The first-order chi connectivity index (χ1) is 13.2. The van der Waals surface area contributed by atoms with Gasteiger partial charge in [-0.2, -0.15) is 0 Å². The van der Waals surface area contributed by atoms with E-state index in [2.05, 4.69) is 31.6 Å². The number of carbonyl (C=O) groups excluding carboxylic acids is 1. The van der Waals surface area contributed by atoms with Gasteiger partial charge in [-0.05, 0) is 31.7 Å². The molecule has 0 unspecified atom stereocenters. The van der Waals surface area contributed by atoms with E-state index in [1.807, 2.05) is 19.3 Å². The number of aromatic nitrogens is 1. The number of halogens is 1. The zero-order chi connectivity index (χ0) is 19.1. The summed E-state index contributed by atoms with van der Waals surface area (Å²) >= 11 is 0. The van der Waals surface area contributed by atoms with Crippen LogP contribution in [0.4, 0.5) is 5.82 Å². The monoisotopic (exact) mass is 500 g/mol. The second-order valence-electron chi connectivity index (χ2n) is 7.55. The number of carbonyl (C=O) groups is 1. The number of nitrogens with two attached hydrogens (primary N) is 1. The Morgan fingerprint density at radius 1 is 1.25 bits per heavy atom. The fourth-order valence-electron chi connectivity index (χ4n) is 4.04. The van der Waals surface area contributed by atoms with Gasteiger partial charge in [-0.25, -0.2) is 4.98 Å². The van der Waals surface area contributed by atoms with Gasteiger partial charge in [0.25, 0.3) is 0 Å². The number of pyridine rings is 1. The Bertz CT molecular complexity index is 654. The van der Waals surface area contributed by atoms with Gasteiger partial charge < -0.3 is 21.3 Å². The summed E-state index contributed by atoms with van der Waals surface area (Å²) in [5, 5.41) is 6.98. The average Bonchev–Trinajstić information content (AvgIpc) is 2.72. The molecule has 1 aliphatic heterocycles. The molecule has 1 aromatic heterocycles. The molecule has 3 rings (SSSR count). The first kappa shape index (κ1) is 22.7. The van der Waals surface area contributed by atoms with E-state index in [0.717, 1.165) is 43.3 Å². The Balaban J connectivity index is 0.00000280. The van der Waals surface area contributed by atoms with Gasteiger partial charge in [-0.15, -0.1) is 24.0 Å². The fourth-order valence-corrected chi connectivity index (χ4v) is 4.04. The lowest BCUT2D eigenvalue weighted by atomic mass is 9.96. The smallest absolute Gasteiger partial charge is 0.220 e. The first-order valence-corrected chi connectivity index (χ1v) is 10.1. The van der Waals surface area contributed by atoms with Gasteiger partial charge >= 0.3 is 0 Å². The maximum atomic E-state index is 11.4. The molecule has 2 heterocycles. The molecule has 2 aliphatic rings. The van der Waals surface area contributed by atoms with Gasteiger partial charge in [0.1, 0.15) is 5.82 Å². The van der Waals surface area contributed by atoms with Crippen molar-refractivity contribution >= 4 is 41.7 Å². The lowest BCUT2D eigenvalue weighted by molar-refractivity contribution is -0.122. The highest BCUT2D eigenvalue weighted by Gasteiger charge is 2.25. The van der Waals surface area contributed by atoms with Gasteiger partial charge in [-0.1, -0.05) is 25.3 Å². The minimum Gasteiger partial charge on any atom is -0.369 e. The summed E-state index contributed by atoms with van der Waals surface area (Å²) < 4.78 is 0. The summed E-state index contributed by atoms with van der Waals surface area (Å²) in [7, 11) is 1.82. The van der Waals surface area contributed by atoms with Crippen LogP contribution in [0.1, 0.15) is 50.5 Å². The fraction of sp³-hybridized carbons (Fsp3) is 0.650. The molecule has 4 N–H and O–H groups in total. The van der Waals surface area contributed by atoms with E-state index in [1.165, 1.54) is 32.1 Å². The van der Waals surface area contributed by atoms with Crippen LogP contribution in [0.15, 0.2) is 23.3 Å². The Morgan fingerprint density at radius 3 is 2.61 bits per heavy atom. The van der Waals surface area contributed by atoms with E-state index < -0.39 is 0 Å². The van der Waals surface area contributed by atoms with E-state index in [1.54, 1.807) is 0 Å². The number of aliphatic imine (C=N–C) groups is 1. The van der Waals surface area contributed by atoms with Crippen LogP contribution in [-0.4, -0.2) is 43.0 Å². The second kappa shape index (κ2) is 11.4. The van der Waals surface area contributed by atoms with Crippen molar-refractivity contribution in [3.63, 3.8) is 0 Å². The van der Waals surface area contributed by atoms with Gasteiger partial charge in [0.05, 0.1) is 0 Å². The molecule has 0 spiro atoms. The van der Waals surface area contributed by atoms with E-state index in [9.17, 15) is 4.79 Å². The highest BCUT2D eigenvalue weighted by molar-refractivity contribution is 14.0. The summed E-state index contributed by atoms with van der Waals surface area (Å²) in [6.45, 7) is 2.30. The summed E-state index contributed by atoms with van der Waals surface area (Å²) in [6, 6.07) is 4.59. The third-order valence-electron chi connectivity index (χ3n) is 5.68. The number of guanidine groups is 1. The molecule has 156 valence electrons. The number of primary amides is 1. The van der Waals surface area contributed by atoms with E-state index >= 15 is 0 Å². The molecule has 7 nitrogen and oxygen atoms in total. The average molecular weight is 500 g/mol. The lowest BCUT2D eigenvalue weighted by Crippen LogP contribution is -2.44. The number of nitrogens with zero attached hydrogens (tertiary/aromatic N) is 3. The van der Waals surface area contributed by atoms with Crippen LogP contribution >= 0.6 is 24.0 Å².